The van der Waals surface area contributed by atoms with Crippen molar-refractivity contribution in [3.05, 3.63) is 40.9 Å². The van der Waals surface area contributed by atoms with Gasteiger partial charge in [0.2, 0.25) is 0 Å². The standard InChI is InChI=1S/C11H10ClN3O2/c1-15-7-13-14-11(15)6-17-10-3-2-8(5-16)4-9(10)12/h2-5,7H,6H2,1H3. The largest absolute Gasteiger partial charge is 0.484 e. The van der Waals surface area contributed by atoms with Gasteiger partial charge < -0.3 is 9.30 Å². The molecule has 2 aromatic rings. The number of aldehydes is 1. The summed E-state index contributed by atoms with van der Waals surface area (Å²) in [5.41, 5.74) is 0.515. The second kappa shape index (κ2) is 4.97. The highest BCUT2D eigenvalue weighted by Gasteiger charge is 2.05. The fourth-order valence-corrected chi connectivity index (χ4v) is 1.53. The maximum absolute atomic E-state index is 10.5. The Balaban J connectivity index is 2.09. The van der Waals surface area contributed by atoms with Crippen molar-refractivity contribution < 1.29 is 9.53 Å². The summed E-state index contributed by atoms with van der Waals surface area (Å²) in [5, 5.41) is 8.02. The van der Waals surface area contributed by atoms with Gasteiger partial charge >= 0.3 is 0 Å². The zero-order valence-electron chi connectivity index (χ0n) is 9.13. The molecule has 0 atom stereocenters. The van der Waals surface area contributed by atoms with Crippen molar-refractivity contribution in [1.82, 2.24) is 14.8 Å². The molecule has 0 aliphatic rings. The number of hydrogen-bond acceptors (Lipinski definition) is 4. The molecule has 5 nitrogen and oxygen atoms in total. The van der Waals surface area contributed by atoms with Crippen LogP contribution in [-0.2, 0) is 13.7 Å². The van der Waals surface area contributed by atoms with Crippen LogP contribution in [-0.4, -0.2) is 21.1 Å². The normalized spacial score (nSPS) is 10.2. The van der Waals surface area contributed by atoms with Crippen LogP contribution in [0.5, 0.6) is 5.75 Å². The molecule has 6 heteroatoms. The Morgan fingerprint density at radius 2 is 2.35 bits per heavy atom. The zero-order chi connectivity index (χ0) is 12.3. The molecule has 0 saturated carbocycles. The van der Waals surface area contributed by atoms with Gasteiger partial charge in [-0.1, -0.05) is 11.6 Å². The summed E-state index contributed by atoms with van der Waals surface area (Å²) < 4.78 is 7.25. The van der Waals surface area contributed by atoms with E-state index in [1.54, 1.807) is 29.1 Å². The number of aryl methyl sites for hydroxylation is 1. The van der Waals surface area contributed by atoms with Crippen LogP contribution in [0.3, 0.4) is 0 Å². The van der Waals surface area contributed by atoms with Crippen LogP contribution in [0.1, 0.15) is 16.2 Å². The summed E-state index contributed by atoms with van der Waals surface area (Å²) in [7, 11) is 1.83. The second-order valence-electron chi connectivity index (χ2n) is 3.45. The number of carbonyl (C=O) groups excluding carboxylic acids is 1. The number of carbonyl (C=O) groups is 1. The Morgan fingerprint density at radius 3 is 2.94 bits per heavy atom. The van der Waals surface area contributed by atoms with E-state index in [9.17, 15) is 4.79 Å². The monoisotopic (exact) mass is 251 g/mol. The highest BCUT2D eigenvalue weighted by Crippen LogP contribution is 2.25. The van der Waals surface area contributed by atoms with Crippen molar-refractivity contribution in [2.75, 3.05) is 0 Å². The smallest absolute Gasteiger partial charge is 0.170 e. The summed E-state index contributed by atoms with van der Waals surface area (Å²) in [4.78, 5) is 10.5. The lowest BCUT2D eigenvalue weighted by molar-refractivity contribution is 0.112. The molecule has 0 radical (unpaired) electrons. The van der Waals surface area contributed by atoms with Gasteiger partial charge in [-0.3, -0.25) is 4.79 Å². The number of hydrogen-bond donors (Lipinski definition) is 0. The van der Waals surface area contributed by atoms with Crippen LogP contribution in [0.15, 0.2) is 24.5 Å². The Kier molecular flexibility index (Phi) is 3.39. The third-order valence-electron chi connectivity index (χ3n) is 2.25. The van der Waals surface area contributed by atoms with Crippen molar-refractivity contribution in [3.63, 3.8) is 0 Å². The van der Waals surface area contributed by atoms with E-state index >= 15 is 0 Å². The Bertz CT molecular complexity index is 539. The predicted molar refractivity (Wildman–Crippen MR) is 62.2 cm³/mol. The Morgan fingerprint density at radius 1 is 1.53 bits per heavy atom. The molecule has 0 amide bonds. The van der Waals surface area contributed by atoms with Gasteiger partial charge in [0.25, 0.3) is 0 Å². The highest BCUT2D eigenvalue weighted by molar-refractivity contribution is 6.32. The van der Waals surface area contributed by atoms with Gasteiger partial charge in [-0.2, -0.15) is 0 Å². The van der Waals surface area contributed by atoms with Gasteiger partial charge in [-0.15, -0.1) is 10.2 Å². The van der Waals surface area contributed by atoms with Crippen molar-refractivity contribution in [3.8, 4) is 5.75 Å². The van der Waals surface area contributed by atoms with Crippen molar-refractivity contribution >= 4 is 17.9 Å². The van der Waals surface area contributed by atoms with Gasteiger partial charge in [-0.05, 0) is 18.2 Å². The minimum absolute atomic E-state index is 0.274. The van der Waals surface area contributed by atoms with E-state index in [0.717, 1.165) is 6.29 Å². The lowest BCUT2D eigenvalue weighted by atomic mass is 10.2. The first-order chi connectivity index (χ1) is 8.20. The molecule has 0 aliphatic carbocycles. The third-order valence-corrected chi connectivity index (χ3v) is 2.55. The molecule has 0 spiro atoms. The number of benzene rings is 1. The lowest BCUT2D eigenvalue weighted by Gasteiger charge is -2.07. The first-order valence-electron chi connectivity index (χ1n) is 4.91. The molecular weight excluding hydrogens is 242 g/mol. The zero-order valence-corrected chi connectivity index (χ0v) is 9.89. The van der Waals surface area contributed by atoms with Crippen molar-refractivity contribution in [1.29, 1.82) is 0 Å². The maximum Gasteiger partial charge on any atom is 0.170 e. The Hall–Kier alpha value is -1.88. The van der Waals surface area contributed by atoms with Crippen LogP contribution in [0.25, 0.3) is 0 Å². The SMILES string of the molecule is Cn1cnnc1COc1ccc(C=O)cc1Cl. The fraction of sp³-hybridized carbons (Fsp3) is 0.182. The van der Waals surface area contributed by atoms with Crippen LogP contribution in [0.2, 0.25) is 5.02 Å². The fourth-order valence-electron chi connectivity index (χ4n) is 1.29. The molecule has 0 bridgehead atoms. The topological polar surface area (TPSA) is 57.0 Å². The predicted octanol–water partition coefficient (Wildman–Crippen LogP) is 1.86. The van der Waals surface area contributed by atoms with Crippen molar-refractivity contribution in [2.45, 2.75) is 6.61 Å². The number of rotatable bonds is 4. The Labute approximate surface area is 103 Å². The molecule has 0 N–H and O–H groups in total. The first-order valence-corrected chi connectivity index (χ1v) is 5.29. The van der Waals surface area contributed by atoms with Gasteiger partial charge in [-0.25, -0.2) is 0 Å². The average molecular weight is 252 g/mol. The van der Waals surface area contributed by atoms with E-state index in [0.29, 0.717) is 22.2 Å². The first kappa shape index (κ1) is 11.6. The molecule has 88 valence electrons. The van der Waals surface area contributed by atoms with Gasteiger partial charge in [0.1, 0.15) is 25.0 Å². The van der Waals surface area contributed by atoms with E-state index in [1.807, 2.05) is 7.05 Å². The third kappa shape index (κ3) is 2.62. The molecule has 0 unspecified atom stereocenters. The second-order valence-corrected chi connectivity index (χ2v) is 3.86. The molecule has 1 aromatic heterocycles. The number of aromatic nitrogens is 3. The van der Waals surface area contributed by atoms with Gasteiger partial charge in [0, 0.05) is 12.6 Å². The van der Waals surface area contributed by atoms with Gasteiger partial charge in [0.15, 0.2) is 5.82 Å². The van der Waals surface area contributed by atoms with E-state index < -0.39 is 0 Å². The molecule has 2 rings (SSSR count). The molecular formula is C11H10ClN3O2. The number of ether oxygens (including phenoxy) is 1. The van der Waals surface area contributed by atoms with E-state index in [-0.39, 0.29) is 6.61 Å². The molecule has 1 aromatic carbocycles. The highest BCUT2D eigenvalue weighted by atomic mass is 35.5. The van der Waals surface area contributed by atoms with E-state index in [2.05, 4.69) is 10.2 Å². The molecule has 0 fully saturated rings. The number of halogens is 1. The average Bonchev–Trinajstić information content (AvgIpc) is 2.73. The summed E-state index contributed by atoms with van der Waals surface area (Å²) in [5.74, 6) is 1.21. The molecule has 0 saturated heterocycles. The van der Waals surface area contributed by atoms with Crippen LogP contribution < -0.4 is 4.74 Å². The van der Waals surface area contributed by atoms with E-state index in [1.165, 1.54) is 0 Å². The molecule has 1 heterocycles. The van der Waals surface area contributed by atoms with Crippen LogP contribution in [0, 0.1) is 0 Å². The summed E-state index contributed by atoms with van der Waals surface area (Å²) in [6.07, 6.45) is 2.33. The summed E-state index contributed by atoms with van der Waals surface area (Å²) in [6, 6.07) is 4.86. The molecule has 0 aliphatic heterocycles. The van der Waals surface area contributed by atoms with E-state index in [4.69, 9.17) is 16.3 Å². The van der Waals surface area contributed by atoms with Crippen LogP contribution in [0.4, 0.5) is 0 Å². The van der Waals surface area contributed by atoms with Gasteiger partial charge in [0.05, 0.1) is 5.02 Å². The minimum Gasteiger partial charge on any atom is -0.484 e. The van der Waals surface area contributed by atoms with Crippen LogP contribution >= 0.6 is 11.6 Å². The summed E-state index contributed by atoms with van der Waals surface area (Å²) >= 11 is 5.96. The van der Waals surface area contributed by atoms with Crippen molar-refractivity contribution in [2.24, 2.45) is 7.05 Å². The quantitative estimate of drug-likeness (QED) is 0.779. The summed E-state index contributed by atoms with van der Waals surface area (Å²) in [6.45, 7) is 0.274. The minimum atomic E-state index is 0.274. The maximum atomic E-state index is 10.5. The lowest BCUT2D eigenvalue weighted by Crippen LogP contribution is -2.03. The molecule has 17 heavy (non-hydrogen) atoms. The number of nitrogens with zero attached hydrogens (tertiary/aromatic N) is 3.